The van der Waals surface area contributed by atoms with Crippen molar-refractivity contribution in [3.05, 3.63) is 10.9 Å². The van der Waals surface area contributed by atoms with Gasteiger partial charge >= 0.3 is 0 Å². The quantitative estimate of drug-likeness (QED) is 0.876. The Kier molecular flexibility index (Phi) is 3.28. The van der Waals surface area contributed by atoms with E-state index in [9.17, 15) is 5.11 Å². The second-order valence-electron chi connectivity index (χ2n) is 5.12. The van der Waals surface area contributed by atoms with Gasteiger partial charge in [-0.05, 0) is 31.7 Å². The van der Waals surface area contributed by atoms with Crippen LogP contribution in [0.3, 0.4) is 0 Å². The van der Waals surface area contributed by atoms with E-state index in [1.807, 2.05) is 0 Å². The van der Waals surface area contributed by atoms with E-state index in [1.165, 1.54) is 4.88 Å². The summed E-state index contributed by atoms with van der Waals surface area (Å²) in [6.07, 6.45) is 2.17. The molecule has 0 saturated carbocycles. The number of nitrogens with two attached hydrogens (primary N) is 1. The number of aryl methyl sites for hydroxylation is 1. The van der Waals surface area contributed by atoms with Gasteiger partial charge in [0, 0.05) is 24.6 Å². The predicted molar refractivity (Wildman–Crippen MR) is 78.6 cm³/mol. The van der Waals surface area contributed by atoms with Gasteiger partial charge in [-0.3, -0.25) is 0 Å². The molecule has 1 unspecified atom stereocenters. The summed E-state index contributed by atoms with van der Waals surface area (Å²) in [6.45, 7) is 4.12. The minimum Gasteiger partial charge on any atom is -0.396 e. The third kappa shape index (κ3) is 2.37. The summed E-state index contributed by atoms with van der Waals surface area (Å²) in [5, 5.41) is 10.4. The topological polar surface area (TPSA) is 75.3 Å². The molecule has 0 aromatic carbocycles. The second kappa shape index (κ2) is 4.94. The number of aromatic nitrogens is 2. The van der Waals surface area contributed by atoms with Gasteiger partial charge in [-0.1, -0.05) is 0 Å². The van der Waals surface area contributed by atoms with Crippen molar-refractivity contribution in [3.63, 3.8) is 0 Å². The Morgan fingerprint density at radius 1 is 1.53 bits per heavy atom. The second-order valence-corrected chi connectivity index (χ2v) is 6.35. The van der Waals surface area contributed by atoms with Gasteiger partial charge in [0.05, 0.1) is 5.39 Å². The first-order chi connectivity index (χ1) is 9.17. The van der Waals surface area contributed by atoms with Gasteiger partial charge in [0.2, 0.25) is 5.95 Å². The van der Waals surface area contributed by atoms with Crippen molar-refractivity contribution in [2.75, 3.05) is 30.3 Å². The number of hydrogen-bond acceptors (Lipinski definition) is 6. The van der Waals surface area contributed by atoms with Crippen molar-refractivity contribution in [2.45, 2.75) is 19.8 Å². The number of nitrogen functional groups attached to an aromatic ring is 1. The first kappa shape index (κ1) is 12.6. The fourth-order valence-electron chi connectivity index (χ4n) is 2.69. The van der Waals surface area contributed by atoms with Crippen LogP contribution in [0.2, 0.25) is 0 Å². The highest BCUT2D eigenvalue weighted by molar-refractivity contribution is 7.18. The SMILES string of the molecule is Cc1cc2c(N3CCCC(CO)C3)nc(N)nc2s1. The molecule has 0 amide bonds. The monoisotopic (exact) mass is 278 g/mol. The number of anilines is 2. The molecule has 3 heterocycles. The molecule has 6 heteroatoms. The maximum absolute atomic E-state index is 9.35. The lowest BCUT2D eigenvalue weighted by molar-refractivity contribution is 0.208. The summed E-state index contributed by atoms with van der Waals surface area (Å²) in [5.41, 5.74) is 5.82. The maximum atomic E-state index is 9.35. The van der Waals surface area contributed by atoms with Crippen LogP contribution in [0.1, 0.15) is 17.7 Å². The molecule has 0 aliphatic carbocycles. The van der Waals surface area contributed by atoms with Crippen LogP contribution in [0.4, 0.5) is 11.8 Å². The Bertz CT molecular complexity index is 598. The van der Waals surface area contributed by atoms with Crippen LogP contribution < -0.4 is 10.6 Å². The number of fused-ring (bicyclic) bond motifs is 1. The lowest BCUT2D eigenvalue weighted by atomic mass is 9.99. The Balaban J connectivity index is 2.03. The summed E-state index contributed by atoms with van der Waals surface area (Å²) < 4.78 is 0. The molecule has 19 heavy (non-hydrogen) atoms. The molecule has 5 nitrogen and oxygen atoms in total. The minimum atomic E-state index is 0.239. The van der Waals surface area contributed by atoms with Crippen LogP contribution in [0.25, 0.3) is 10.2 Å². The lowest BCUT2D eigenvalue weighted by Gasteiger charge is -2.33. The zero-order valence-corrected chi connectivity index (χ0v) is 11.8. The van der Waals surface area contributed by atoms with Gasteiger partial charge in [0.1, 0.15) is 10.6 Å². The van der Waals surface area contributed by atoms with Crippen molar-refractivity contribution in [2.24, 2.45) is 5.92 Å². The van der Waals surface area contributed by atoms with Gasteiger partial charge in [0.15, 0.2) is 0 Å². The zero-order chi connectivity index (χ0) is 13.4. The molecule has 3 N–H and O–H groups in total. The van der Waals surface area contributed by atoms with Gasteiger partial charge in [0.25, 0.3) is 0 Å². The Labute approximate surface area is 116 Å². The Morgan fingerprint density at radius 2 is 2.37 bits per heavy atom. The van der Waals surface area contributed by atoms with Crippen molar-refractivity contribution in [3.8, 4) is 0 Å². The van der Waals surface area contributed by atoms with Crippen molar-refractivity contribution in [1.82, 2.24) is 9.97 Å². The maximum Gasteiger partial charge on any atom is 0.223 e. The summed E-state index contributed by atoms with van der Waals surface area (Å²) in [4.78, 5) is 13.1. The fraction of sp³-hybridized carbons (Fsp3) is 0.538. The smallest absolute Gasteiger partial charge is 0.223 e. The van der Waals surface area contributed by atoms with E-state index >= 15 is 0 Å². The molecular formula is C13H18N4OS. The van der Waals surface area contributed by atoms with Crippen molar-refractivity contribution >= 4 is 33.3 Å². The molecule has 0 spiro atoms. The molecule has 2 aromatic rings. The molecule has 0 radical (unpaired) electrons. The molecular weight excluding hydrogens is 260 g/mol. The van der Waals surface area contributed by atoms with E-state index in [0.29, 0.717) is 11.9 Å². The number of nitrogens with zero attached hydrogens (tertiary/aromatic N) is 3. The molecule has 1 aliphatic heterocycles. The highest BCUT2D eigenvalue weighted by atomic mass is 32.1. The van der Waals surface area contributed by atoms with Gasteiger partial charge in [-0.2, -0.15) is 4.98 Å². The average Bonchev–Trinajstić information content (AvgIpc) is 2.78. The largest absolute Gasteiger partial charge is 0.396 e. The Hall–Kier alpha value is -1.40. The molecule has 1 atom stereocenters. The highest BCUT2D eigenvalue weighted by Gasteiger charge is 2.23. The van der Waals surface area contributed by atoms with E-state index < -0.39 is 0 Å². The van der Waals surface area contributed by atoms with Crippen LogP contribution in [0, 0.1) is 12.8 Å². The average molecular weight is 278 g/mol. The highest BCUT2D eigenvalue weighted by Crippen LogP contribution is 2.33. The third-order valence-corrected chi connectivity index (χ3v) is 4.53. The molecule has 1 fully saturated rings. The van der Waals surface area contributed by atoms with Gasteiger partial charge in [-0.15, -0.1) is 11.3 Å². The fourth-order valence-corrected chi connectivity index (χ4v) is 3.57. The summed E-state index contributed by atoms with van der Waals surface area (Å²) in [6, 6.07) is 2.12. The summed E-state index contributed by atoms with van der Waals surface area (Å²) >= 11 is 1.64. The first-order valence-electron chi connectivity index (χ1n) is 6.57. The number of thiophene rings is 1. The van der Waals surface area contributed by atoms with Crippen LogP contribution in [-0.2, 0) is 0 Å². The van der Waals surface area contributed by atoms with E-state index in [1.54, 1.807) is 11.3 Å². The van der Waals surface area contributed by atoms with E-state index in [0.717, 1.165) is 42.0 Å². The van der Waals surface area contributed by atoms with E-state index in [2.05, 4.69) is 27.9 Å². The van der Waals surface area contributed by atoms with Crippen molar-refractivity contribution < 1.29 is 5.11 Å². The van der Waals surface area contributed by atoms with Crippen molar-refractivity contribution in [1.29, 1.82) is 0 Å². The first-order valence-corrected chi connectivity index (χ1v) is 7.38. The molecule has 1 aliphatic rings. The molecule has 102 valence electrons. The molecule has 2 aromatic heterocycles. The van der Waals surface area contributed by atoms with Crippen LogP contribution in [0.15, 0.2) is 6.07 Å². The zero-order valence-electron chi connectivity index (χ0n) is 11.0. The van der Waals surface area contributed by atoms with E-state index in [-0.39, 0.29) is 6.61 Å². The number of piperidine rings is 1. The number of hydrogen-bond donors (Lipinski definition) is 2. The number of rotatable bonds is 2. The Morgan fingerprint density at radius 3 is 3.16 bits per heavy atom. The van der Waals surface area contributed by atoms with E-state index in [4.69, 9.17) is 5.73 Å². The minimum absolute atomic E-state index is 0.239. The summed E-state index contributed by atoms with van der Waals surface area (Å²) in [7, 11) is 0. The van der Waals surface area contributed by atoms with Gasteiger partial charge in [-0.25, -0.2) is 4.98 Å². The number of aliphatic hydroxyl groups is 1. The van der Waals surface area contributed by atoms with Crippen LogP contribution >= 0.6 is 11.3 Å². The van der Waals surface area contributed by atoms with Gasteiger partial charge < -0.3 is 15.7 Å². The summed E-state index contributed by atoms with van der Waals surface area (Å²) in [5.74, 6) is 1.58. The number of aliphatic hydroxyl groups excluding tert-OH is 1. The predicted octanol–water partition coefficient (Wildman–Crippen LogP) is 1.79. The molecule has 1 saturated heterocycles. The normalized spacial score (nSPS) is 20.1. The molecule has 0 bridgehead atoms. The molecule has 3 rings (SSSR count). The lowest BCUT2D eigenvalue weighted by Crippen LogP contribution is -2.37. The van der Waals surface area contributed by atoms with Crippen LogP contribution in [-0.4, -0.2) is 34.8 Å². The third-order valence-electron chi connectivity index (χ3n) is 3.59. The van der Waals surface area contributed by atoms with Crippen LogP contribution in [0.5, 0.6) is 0 Å². The standard InChI is InChI=1S/C13H18N4OS/c1-8-5-10-11(15-13(14)16-12(10)19-8)17-4-2-3-9(6-17)7-18/h5,9,18H,2-4,6-7H2,1H3,(H2,14,15,16).